The number of thiophene rings is 1. The fraction of sp³-hybridized carbons (Fsp3) is 0.238. The average Bonchev–Trinajstić information content (AvgIpc) is 3.07. The summed E-state index contributed by atoms with van der Waals surface area (Å²) >= 11 is 7.56. The van der Waals surface area contributed by atoms with E-state index >= 15 is 0 Å². The van der Waals surface area contributed by atoms with Crippen LogP contribution in [0.1, 0.15) is 20.0 Å². The summed E-state index contributed by atoms with van der Waals surface area (Å²) in [7, 11) is 5.50. The first-order valence-corrected chi connectivity index (χ1v) is 10.3. The van der Waals surface area contributed by atoms with Crippen LogP contribution in [0.15, 0.2) is 42.5 Å². The van der Waals surface area contributed by atoms with Crippen molar-refractivity contribution < 1.29 is 19.1 Å². The van der Waals surface area contributed by atoms with Crippen molar-refractivity contribution in [1.29, 1.82) is 0 Å². The van der Waals surface area contributed by atoms with E-state index in [0.717, 1.165) is 16.6 Å². The molecule has 2 amide bonds. The molecule has 1 aromatic heterocycles. The van der Waals surface area contributed by atoms with Gasteiger partial charge in [-0.1, -0.05) is 11.6 Å². The minimum absolute atomic E-state index is 0.310. The fourth-order valence-corrected chi connectivity index (χ4v) is 4.05. The first kappa shape index (κ1) is 21.9. The molecule has 1 heterocycles. The number of fused-ring (bicyclic) bond motifs is 1. The lowest BCUT2D eigenvalue weighted by atomic mass is 10.2. The minimum Gasteiger partial charge on any atom is -0.497 e. The van der Waals surface area contributed by atoms with E-state index in [9.17, 15) is 9.59 Å². The van der Waals surface area contributed by atoms with Gasteiger partial charge >= 0.3 is 0 Å². The molecule has 3 rings (SSSR count). The highest BCUT2D eigenvalue weighted by atomic mass is 35.5. The molecule has 7 nitrogen and oxygen atoms in total. The van der Waals surface area contributed by atoms with Gasteiger partial charge in [0.05, 0.1) is 12.1 Å². The van der Waals surface area contributed by atoms with Gasteiger partial charge in [0.15, 0.2) is 0 Å². The first-order valence-electron chi connectivity index (χ1n) is 9.13. The highest BCUT2D eigenvalue weighted by molar-refractivity contribution is 7.21. The molecule has 0 spiro atoms. The van der Waals surface area contributed by atoms with Gasteiger partial charge in [0.1, 0.15) is 23.0 Å². The van der Waals surface area contributed by atoms with E-state index < -0.39 is 11.8 Å². The van der Waals surface area contributed by atoms with Crippen molar-refractivity contribution in [3.8, 4) is 11.5 Å². The second kappa shape index (κ2) is 9.80. The van der Waals surface area contributed by atoms with E-state index in [1.807, 2.05) is 25.1 Å². The second-order valence-corrected chi connectivity index (χ2v) is 8.12. The number of amides is 2. The standard InChI is InChI=1S/C21H22ClN3O4S/c1-25(2)10-11-29-14-6-4-13(5-7-14)20(26)23-24-21(27)19-18(22)16-9-8-15(28-3)12-17(16)30-19/h4-9,12H,10-11H2,1-3H3,(H,23,26)(H,24,27). The molecule has 0 bridgehead atoms. The van der Waals surface area contributed by atoms with Gasteiger partial charge in [0.2, 0.25) is 0 Å². The Balaban J connectivity index is 1.60. The number of hydrogen-bond donors (Lipinski definition) is 2. The number of nitrogens with one attached hydrogen (secondary N) is 2. The molecule has 9 heteroatoms. The number of carbonyl (C=O) groups excluding carboxylic acids is 2. The van der Waals surface area contributed by atoms with E-state index in [4.69, 9.17) is 21.1 Å². The fourth-order valence-electron chi connectivity index (χ4n) is 2.61. The molecule has 0 fully saturated rings. The number of nitrogens with zero attached hydrogens (tertiary/aromatic N) is 1. The van der Waals surface area contributed by atoms with Crippen molar-refractivity contribution in [3.05, 3.63) is 57.9 Å². The van der Waals surface area contributed by atoms with E-state index in [2.05, 4.69) is 10.9 Å². The Labute approximate surface area is 183 Å². The molecule has 0 radical (unpaired) electrons. The summed E-state index contributed by atoms with van der Waals surface area (Å²) in [6, 6.07) is 12.1. The average molecular weight is 448 g/mol. The van der Waals surface area contributed by atoms with Crippen molar-refractivity contribution in [2.24, 2.45) is 0 Å². The van der Waals surface area contributed by atoms with Crippen molar-refractivity contribution >= 4 is 44.8 Å². The van der Waals surface area contributed by atoms with Crippen LogP contribution in [0.25, 0.3) is 10.1 Å². The quantitative estimate of drug-likeness (QED) is 0.541. The van der Waals surface area contributed by atoms with E-state index in [1.165, 1.54) is 11.3 Å². The second-order valence-electron chi connectivity index (χ2n) is 6.69. The zero-order valence-corrected chi connectivity index (χ0v) is 18.4. The van der Waals surface area contributed by atoms with Crippen molar-refractivity contribution in [2.45, 2.75) is 0 Å². The van der Waals surface area contributed by atoms with Gasteiger partial charge in [0, 0.05) is 22.2 Å². The molecule has 0 aliphatic carbocycles. The molecular weight excluding hydrogens is 426 g/mol. The third-order valence-electron chi connectivity index (χ3n) is 4.26. The molecule has 3 aromatic rings. The van der Waals surface area contributed by atoms with E-state index in [1.54, 1.807) is 43.5 Å². The maximum atomic E-state index is 12.5. The van der Waals surface area contributed by atoms with Gasteiger partial charge in [-0.2, -0.15) is 0 Å². The van der Waals surface area contributed by atoms with E-state index in [0.29, 0.717) is 33.6 Å². The van der Waals surface area contributed by atoms with Crippen LogP contribution in [0, 0.1) is 0 Å². The van der Waals surface area contributed by atoms with Gasteiger partial charge < -0.3 is 14.4 Å². The Hall–Kier alpha value is -2.81. The Morgan fingerprint density at radius 1 is 1.03 bits per heavy atom. The zero-order valence-electron chi connectivity index (χ0n) is 16.8. The third kappa shape index (κ3) is 5.21. The van der Waals surface area contributed by atoms with Crippen LogP contribution in [0.2, 0.25) is 5.02 Å². The molecule has 0 aliphatic rings. The molecule has 0 aliphatic heterocycles. The number of hydrogen-bond acceptors (Lipinski definition) is 6. The summed E-state index contributed by atoms with van der Waals surface area (Å²) < 4.78 is 11.6. The van der Waals surface area contributed by atoms with Gasteiger partial charge in [-0.25, -0.2) is 0 Å². The minimum atomic E-state index is -0.489. The van der Waals surface area contributed by atoms with Crippen molar-refractivity contribution in [2.75, 3.05) is 34.4 Å². The van der Waals surface area contributed by atoms with Crippen LogP contribution < -0.4 is 20.3 Å². The molecule has 0 unspecified atom stereocenters. The summed E-state index contributed by atoms with van der Waals surface area (Å²) in [5.41, 5.74) is 5.21. The van der Waals surface area contributed by atoms with Gasteiger partial charge in [-0.3, -0.25) is 20.4 Å². The van der Waals surface area contributed by atoms with Gasteiger partial charge in [-0.15, -0.1) is 11.3 Å². The molecule has 0 saturated heterocycles. The number of likely N-dealkylation sites (N-methyl/N-ethyl adjacent to an activating group) is 1. The summed E-state index contributed by atoms with van der Waals surface area (Å²) in [6.07, 6.45) is 0. The van der Waals surface area contributed by atoms with Crippen LogP contribution in [-0.4, -0.2) is 51.1 Å². The number of benzene rings is 2. The van der Waals surface area contributed by atoms with Crippen LogP contribution in [0.3, 0.4) is 0 Å². The Morgan fingerprint density at radius 3 is 2.37 bits per heavy atom. The first-order chi connectivity index (χ1) is 14.4. The highest BCUT2D eigenvalue weighted by Crippen LogP contribution is 2.37. The lowest BCUT2D eigenvalue weighted by Crippen LogP contribution is -2.41. The molecule has 0 atom stereocenters. The maximum Gasteiger partial charge on any atom is 0.281 e. The Bertz CT molecular complexity index is 1050. The monoisotopic (exact) mass is 447 g/mol. The highest BCUT2D eigenvalue weighted by Gasteiger charge is 2.18. The predicted octanol–water partition coefficient (Wildman–Crippen LogP) is 3.58. The SMILES string of the molecule is COc1ccc2c(Cl)c(C(=O)NNC(=O)c3ccc(OCCN(C)C)cc3)sc2c1. The maximum absolute atomic E-state index is 12.5. The van der Waals surface area contributed by atoms with Crippen LogP contribution >= 0.6 is 22.9 Å². The number of halogens is 1. The normalized spacial score (nSPS) is 10.8. The Morgan fingerprint density at radius 2 is 1.70 bits per heavy atom. The van der Waals surface area contributed by atoms with Gasteiger partial charge in [-0.05, 0) is 56.6 Å². The molecule has 2 N–H and O–H groups in total. The summed E-state index contributed by atoms with van der Waals surface area (Å²) in [5, 5.41) is 1.09. The number of carbonyl (C=O) groups is 2. The lowest BCUT2D eigenvalue weighted by molar-refractivity contribution is 0.0849. The lowest BCUT2D eigenvalue weighted by Gasteiger charge is -2.11. The molecular formula is C21H22ClN3O4S. The molecule has 158 valence electrons. The number of hydrazine groups is 1. The molecule has 0 saturated carbocycles. The summed E-state index contributed by atoms with van der Waals surface area (Å²) in [4.78, 5) is 27.1. The zero-order chi connectivity index (χ0) is 21.7. The van der Waals surface area contributed by atoms with Gasteiger partial charge in [0.25, 0.3) is 11.8 Å². The summed E-state index contributed by atoms with van der Waals surface area (Å²) in [6.45, 7) is 1.34. The largest absolute Gasteiger partial charge is 0.497 e. The number of rotatable bonds is 7. The van der Waals surface area contributed by atoms with Crippen molar-refractivity contribution in [3.63, 3.8) is 0 Å². The van der Waals surface area contributed by atoms with Crippen molar-refractivity contribution in [1.82, 2.24) is 15.8 Å². The molecule has 2 aromatic carbocycles. The summed E-state index contributed by atoms with van der Waals surface area (Å²) in [5.74, 6) is 0.416. The number of ether oxygens (including phenoxy) is 2. The molecule has 30 heavy (non-hydrogen) atoms. The van der Waals surface area contributed by atoms with Crippen LogP contribution in [-0.2, 0) is 0 Å². The third-order valence-corrected chi connectivity index (χ3v) is 5.91. The smallest absolute Gasteiger partial charge is 0.281 e. The van der Waals surface area contributed by atoms with Crippen LogP contribution in [0.5, 0.6) is 11.5 Å². The Kier molecular flexibility index (Phi) is 7.15. The topological polar surface area (TPSA) is 79.9 Å². The number of methoxy groups -OCH3 is 1. The van der Waals surface area contributed by atoms with E-state index in [-0.39, 0.29) is 0 Å². The van der Waals surface area contributed by atoms with Crippen LogP contribution in [0.4, 0.5) is 0 Å². The predicted molar refractivity (Wildman–Crippen MR) is 119 cm³/mol.